The Labute approximate surface area is 129 Å². The van der Waals surface area contributed by atoms with Crippen molar-refractivity contribution in [1.29, 1.82) is 0 Å². The minimum atomic E-state index is 0.0567. The van der Waals surface area contributed by atoms with E-state index >= 15 is 0 Å². The third-order valence-electron chi connectivity index (χ3n) is 4.12. The third kappa shape index (κ3) is 2.74. The Bertz CT molecular complexity index is 663. The standard InChI is InChI=1S/C17H20N2OS/c1-11-9-21-10-15(11)16(18-2)13-6-5-12-4-3-7-19-17(20)14(12)8-13/h5-6,8-10,16,18H,3-4,7H2,1-2H3,(H,19,20). The molecule has 1 atom stereocenters. The fourth-order valence-electron chi connectivity index (χ4n) is 2.95. The van der Waals surface area contributed by atoms with Crippen molar-refractivity contribution < 1.29 is 4.79 Å². The van der Waals surface area contributed by atoms with Crippen molar-refractivity contribution in [2.45, 2.75) is 25.8 Å². The molecule has 1 aliphatic heterocycles. The highest BCUT2D eigenvalue weighted by atomic mass is 32.1. The van der Waals surface area contributed by atoms with Gasteiger partial charge in [-0.3, -0.25) is 4.79 Å². The van der Waals surface area contributed by atoms with Crippen LogP contribution < -0.4 is 10.6 Å². The van der Waals surface area contributed by atoms with Crippen molar-refractivity contribution in [3.63, 3.8) is 0 Å². The summed E-state index contributed by atoms with van der Waals surface area (Å²) in [5, 5.41) is 10.7. The zero-order valence-corrected chi connectivity index (χ0v) is 13.2. The van der Waals surface area contributed by atoms with Crippen LogP contribution in [0.25, 0.3) is 0 Å². The van der Waals surface area contributed by atoms with Crippen molar-refractivity contribution in [3.8, 4) is 0 Å². The molecule has 3 nitrogen and oxygen atoms in total. The van der Waals surface area contributed by atoms with Crippen LogP contribution in [0.5, 0.6) is 0 Å². The number of thiophene rings is 1. The molecule has 0 bridgehead atoms. The smallest absolute Gasteiger partial charge is 0.251 e. The number of nitrogens with one attached hydrogen (secondary N) is 2. The topological polar surface area (TPSA) is 41.1 Å². The van der Waals surface area contributed by atoms with Gasteiger partial charge in [-0.25, -0.2) is 0 Å². The molecule has 1 unspecified atom stereocenters. The zero-order valence-electron chi connectivity index (χ0n) is 12.4. The van der Waals surface area contributed by atoms with E-state index in [-0.39, 0.29) is 11.9 Å². The summed E-state index contributed by atoms with van der Waals surface area (Å²) in [6.07, 6.45) is 1.98. The lowest BCUT2D eigenvalue weighted by Gasteiger charge is -2.18. The minimum absolute atomic E-state index is 0.0567. The fourth-order valence-corrected chi connectivity index (χ4v) is 3.82. The molecule has 0 saturated carbocycles. The van der Waals surface area contributed by atoms with Crippen LogP contribution in [0.2, 0.25) is 0 Å². The van der Waals surface area contributed by atoms with Gasteiger partial charge in [-0.2, -0.15) is 11.3 Å². The summed E-state index contributed by atoms with van der Waals surface area (Å²) >= 11 is 1.72. The summed E-state index contributed by atoms with van der Waals surface area (Å²) in [5.74, 6) is 0.0567. The van der Waals surface area contributed by atoms with Gasteiger partial charge in [0.1, 0.15) is 0 Å². The van der Waals surface area contributed by atoms with Crippen LogP contribution >= 0.6 is 11.3 Å². The highest BCUT2D eigenvalue weighted by Gasteiger charge is 2.20. The molecule has 0 aliphatic carbocycles. The number of hydrogen-bond donors (Lipinski definition) is 2. The van der Waals surface area contributed by atoms with Crippen LogP contribution in [0.3, 0.4) is 0 Å². The summed E-state index contributed by atoms with van der Waals surface area (Å²) in [5.41, 5.74) is 5.72. The van der Waals surface area contributed by atoms with E-state index in [0.717, 1.165) is 36.1 Å². The predicted octanol–water partition coefficient (Wildman–Crippen LogP) is 3.04. The first-order valence-corrected chi connectivity index (χ1v) is 8.26. The van der Waals surface area contributed by atoms with Crippen LogP contribution in [0.4, 0.5) is 0 Å². The Hall–Kier alpha value is -1.65. The number of fused-ring (bicyclic) bond motifs is 1. The normalized spacial score (nSPS) is 16.0. The Morgan fingerprint density at radius 1 is 1.33 bits per heavy atom. The van der Waals surface area contributed by atoms with Crippen LogP contribution in [0.1, 0.15) is 45.1 Å². The molecule has 1 aromatic heterocycles. The molecule has 0 spiro atoms. The number of aryl methyl sites for hydroxylation is 2. The van der Waals surface area contributed by atoms with Gasteiger partial charge in [-0.1, -0.05) is 12.1 Å². The Kier molecular flexibility index (Phi) is 4.08. The summed E-state index contributed by atoms with van der Waals surface area (Å²) in [7, 11) is 1.97. The Balaban J connectivity index is 2.02. The number of amides is 1. The number of carbonyl (C=O) groups excluding carboxylic acids is 1. The molecule has 3 rings (SSSR count). The maximum Gasteiger partial charge on any atom is 0.251 e. The number of rotatable bonds is 3. The van der Waals surface area contributed by atoms with E-state index in [9.17, 15) is 4.79 Å². The van der Waals surface area contributed by atoms with Crippen molar-refractivity contribution in [3.05, 3.63) is 56.8 Å². The second-order valence-electron chi connectivity index (χ2n) is 5.51. The highest BCUT2D eigenvalue weighted by Crippen LogP contribution is 2.29. The summed E-state index contributed by atoms with van der Waals surface area (Å²) in [6, 6.07) is 6.45. The summed E-state index contributed by atoms with van der Waals surface area (Å²) in [6.45, 7) is 2.90. The molecule has 2 heterocycles. The van der Waals surface area contributed by atoms with Gasteiger partial charge in [0.25, 0.3) is 5.91 Å². The molecule has 1 aliphatic rings. The maximum absolute atomic E-state index is 12.2. The molecule has 1 aromatic carbocycles. The Morgan fingerprint density at radius 3 is 2.90 bits per heavy atom. The predicted molar refractivity (Wildman–Crippen MR) is 87.1 cm³/mol. The molecule has 4 heteroatoms. The highest BCUT2D eigenvalue weighted by molar-refractivity contribution is 7.08. The van der Waals surface area contributed by atoms with Crippen molar-refractivity contribution in [2.75, 3.05) is 13.6 Å². The second kappa shape index (κ2) is 6.00. The molecule has 0 saturated heterocycles. The largest absolute Gasteiger partial charge is 0.352 e. The van der Waals surface area contributed by atoms with Gasteiger partial charge in [0, 0.05) is 12.1 Å². The summed E-state index contributed by atoms with van der Waals surface area (Å²) < 4.78 is 0. The lowest BCUT2D eigenvalue weighted by molar-refractivity contribution is 0.0956. The number of benzene rings is 1. The maximum atomic E-state index is 12.2. The first-order valence-electron chi connectivity index (χ1n) is 7.31. The van der Waals surface area contributed by atoms with Crippen LogP contribution in [-0.2, 0) is 6.42 Å². The van der Waals surface area contributed by atoms with Gasteiger partial charge < -0.3 is 10.6 Å². The second-order valence-corrected chi connectivity index (χ2v) is 6.25. The molecule has 2 aromatic rings. The SMILES string of the molecule is CNC(c1ccc2c(c1)C(=O)NCCC2)c1cscc1C. The molecule has 2 N–H and O–H groups in total. The van der Waals surface area contributed by atoms with Crippen molar-refractivity contribution in [2.24, 2.45) is 0 Å². The van der Waals surface area contributed by atoms with Crippen molar-refractivity contribution in [1.82, 2.24) is 10.6 Å². The summed E-state index contributed by atoms with van der Waals surface area (Å²) in [4.78, 5) is 12.2. The van der Waals surface area contributed by atoms with Gasteiger partial charge in [-0.15, -0.1) is 0 Å². The molecule has 0 fully saturated rings. The average Bonchev–Trinajstić information content (AvgIpc) is 2.82. The van der Waals surface area contributed by atoms with Crippen LogP contribution in [-0.4, -0.2) is 19.5 Å². The first-order chi connectivity index (χ1) is 10.2. The third-order valence-corrected chi connectivity index (χ3v) is 4.99. The van der Waals surface area contributed by atoms with E-state index in [1.807, 2.05) is 13.1 Å². The minimum Gasteiger partial charge on any atom is -0.352 e. The number of hydrogen-bond acceptors (Lipinski definition) is 3. The lowest BCUT2D eigenvalue weighted by Crippen LogP contribution is -2.23. The van der Waals surface area contributed by atoms with E-state index < -0.39 is 0 Å². The quantitative estimate of drug-likeness (QED) is 0.915. The van der Waals surface area contributed by atoms with Crippen LogP contribution in [0, 0.1) is 6.92 Å². The molecular formula is C17H20N2OS. The monoisotopic (exact) mass is 300 g/mol. The molecular weight excluding hydrogens is 280 g/mol. The van der Waals surface area contributed by atoms with Gasteiger partial charge in [0.15, 0.2) is 0 Å². The average molecular weight is 300 g/mol. The van der Waals surface area contributed by atoms with Crippen LogP contribution in [0.15, 0.2) is 29.0 Å². The van der Waals surface area contributed by atoms with Gasteiger partial charge >= 0.3 is 0 Å². The molecule has 1 amide bonds. The number of carbonyl (C=O) groups is 1. The van der Waals surface area contributed by atoms with Gasteiger partial charge in [-0.05, 0) is 65.9 Å². The molecule has 0 radical (unpaired) electrons. The van der Waals surface area contributed by atoms with E-state index in [2.05, 4.69) is 40.5 Å². The van der Waals surface area contributed by atoms with E-state index in [1.165, 1.54) is 11.1 Å². The van der Waals surface area contributed by atoms with Gasteiger partial charge in [0.2, 0.25) is 0 Å². The lowest BCUT2D eigenvalue weighted by atomic mass is 9.93. The van der Waals surface area contributed by atoms with Crippen molar-refractivity contribution >= 4 is 17.2 Å². The van der Waals surface area contributed by atoms with E-state index in [1.54, 1.807) is 11.3 Å². The molecule has 110 valence electrons. The zero-order chi connectivity index (χ0) is 14.8. The Morgan fingerprint density at radius 2 is 2.19 bits per heavy atom. The fraction of sp³-hybridized carbons (Fsp3) is 0.353. The van der Waals surface area contributed by atoms with E-state index in [4.69, 9.17) is 0 Å². The van der Waals surface area contributed by atoms with E-state index in [0.29, 0.717) is 0 Å². The first kappa shape index (κ1) is 14.3. The van der Waals surface area contributed by atoms with Gasteiger partial charge in [0.05, 0.1) is 6.04 Å². The molecule has 21 heavy (non-hydrogen) atoms.